The molecule has 104 valence electrons. The molecule has 0 atom stereocenters. The van der Waals surface area contributed by atoms with Crippen molar-refractivity contribution in [3.63, 3.8) is 0 Å². The van der Waals surface area contributed by atoms with Gasteiger partial charge in [-0.15, -0.1) is 0 Å². The molecule has 2 heterocycles. The van der Waals surface area contributed by atoms with E-state index in [9.17, 15) is 9.59 Å². The minimum atomic E-state index is 0.0289. The molecule has 1 aromatic carbocycles. The Morgan fingerprint density at radius 3 is 2.45 bits per heavy atom. The lowest BCUT2D eigenvalue weighted by Crippen LogP contribution is -2.50. The standard InChI is InChI=1S/C15H17N3O2/c1-11(19)17-7-9-18(10-8-17)15(20)13-4-2-3-12-5-6-16-14(12)13/h2-6,16H,7-10H2,1H3. The van der Waals surface area contributed by atoms with Crippen LogP contribution in [0.1, 0.15) is 17.3 Å². The second kappa shape index (κ2) is 5.00. The second-order valence-electron chi connectivity index (χ2n) is 5.05. The van der Waals surface area contributed by atoms with E-state index in [1.54, 1.807) is 11.8 Å². The number of amides is 2. The Morgan fingerprint density at radius 2 is 1.75 bits per heavy atom. The molecule has 3 rings (SSSR count). The highest BCUT2D eigenvalue weighted by atomic mass is 16.2. The van der Waals surface area contributed by atoms with Gasteiger partial charge in [0.1, 0.15) is 0 Å². The van der Waals surface area contributed by atoms with E-state index in [2.05, 4.69) is 4.98 Å². The summed E-state index contributed by atoms with van der Waals surface area (Å²) < 4.78 is 0. The van der Waals surface area contributed by atoms with Crippen LogP contribution in [0.4, 0.5) is 0 Å². The van der Waals surface area contributed by atoms with Crippen molar-refractivity contribution in [2.45, 2.75) is 6.92 Å². The molecule has 2 aromatic rings. The Balaban J connectivity index is 1.80. The third-order valence-electron chi connectivity index (χ3n) is 3.83. The Kier molecular flexibility index (Phi) is 3.18. The van der Waals surface area contributed by atoms with E-state index in [-0.39, 0.29) is 11.8 Å². The number of carbonyl (C=O) groups excluding carboxylic acids is 2. The lowest BCUT2D eigenvalue weighted by atomic mass is 10.1. The summed E-state index contributed by atoms with van der Waals surface area (Å²) >= 11 is 0. The SMILES string of the molecule is CC(=O)N1CCN(C(=O)c2cccc3cc[nH]c23)CC1. The molecular formula is C15H17N3O2. The molecule has 1 fully saturated rings. The number of rotatable bonds is 1. The topological polar surface area (TPSA) is 56.4 Å². The number of aromatic amines is 1. The van der Waals surface area contributed by atoms with Gasteiger partial charge in [-0.25, -0.2) is 0 Å². The third-order valence-corrected chi connectivity index (χ3v) is 3.83. The third kappa shape index (κ3) is 2.15. The van der Waals surface area contributed by atoms with Crippen molar-refractivity contribution in [2.24, 2.45) is 0 Å². The zero-order chi connectivity index (χ0) is 14.1. The predicted molar refractivity (Wildman–Crippen MR) is 76.5 cm³/mol. The fourth-order valence-corrected chi connectivity index (χ4v) is 2.66. The molecule has 1 N–H and O–H groups in total. The van der Waals surface area contributed by atoms with Crippen molar-refractivity contribution < 1.29 is 9.59 Å². The molecule has 0 bridgehead atoms. The fraction of sp³-hybridized carbons (Fsp3) is 0.333. The zero-order valence-corrected chi connectivity index (χ0v) is 11.4. The molecule has 0 radical (unpaired) electrons. The van der Waals surface area contributed by atoms with Crippen molar-refractivity contribution in [1.82, 2.24) is 14.8 Å². The number of hydrogen-bond donors (Lipinski definition) is 1. The smallest absolute Gasteiger partial charge is 0.256 e. The number of aromatic nitrogens is 1. The minimum absolute atomic E-state index is 0.0289. The van der Waals surface area contributed by atoms with Gasteiger partial charge in [-0.1, -0.05) is 12.1 Å². The Hall–Kier alpha value is -2.30. The van der Waals surface area contributed by atoms with Gasteiger partial charge < -0.3 is 14.8 Å². The summed E-state index contributed by atoms with van der Waals surface area (Å²) in [6.07, 6.45) is 1.84. The van der Waals surface area contributed by atoms with Crippen molar-refractivity contribution in [1.29, 1.82) is 0 Å². The molecule has 1 aliphatic rings. The maximum Gasteiger partial charge on any atom is 0.256 e. The van der Waals surface area contributed by atoms with E-state index in [1.165, 1.54) is 0 Å². The summed E-state index contributed by atoms with van der Waals surface area (Å²) in [7, 11) is 0. The number of fused-ring (bicyclic) bond motifs is 1. The van der Waals surface area contributed by atoms with Crippen LogP contribution in [0.5, 0.6) is 0 Å². The van der Waals surface area contributed by atoms with E-state index in [1.807, 2.05) is 35.4 Å². The lowest BCUT2D eigenvalue weighted by molar-refractivity contribution is -0.130. The summed E-state index contributed by atoms with van der Waals surface area (Å²) in [5.41, 5.74) is 1.58. The van der Waals surface area contributed by atoms with E-state index in [0.29, 0.717) is 31.7 Å². The van der Waals surface area contributed by atoms with Gasteiger partial charge in [-0.05, 0) is 12.1 Å². The number of piperazine rings is 1. The molecule has 0 saturated carbocycles. The summed E-state index contributed by atoms with van der Waals surface area (Å²) in [6, 6.07) is 7.68. The average Bonchev–Trinajstić information content (AvgIpc) is 2.95. The molecule has 0 aliphatic carbocycles. The minimum Gasteiger partial charge on any atom is -0.361 e. The van der Waals surface area contributed by atoms with Crippen LogP contribution in [0.2, 0.25) is 0 Å². The average molecular weight is 271 g/mol. The molecule has 5 heteroatoms. The summed E-state index contributed by atoms with van der Waals surface area (Å²) in [6.45, 7) is 3.98. The van der Waals surface area contributed by atoms with E-state index in [0.717, 1.165) is 10.9 Å². The first-order valence-electron chi connectivity index (χ1n) is 6.78. The first-order chi connectivity index (χ1) is 9.66. The molecule has 20 heavy (non-hydrogen) atoms. The summed E-state index contributed by atoms with van der Waals surface area (Å²) in [4.78, 5) is 30.6. The van der Waals surface area contributed by atoms with Gasteiger partial charge in [0, 0.05) is 44.7 Å². The number of hydrogen-bond acceptors (Lipinski definition) is 2. The van der Waals surface area contributed by atoms with Gasteiger partial charge in [0.15, 0.2) is 0 Å². The van der Waals surface area contributed by atoms with Crippen molar-refractivity contribution in [3.05, 3.63) is 36.0 Å². The molecule has 0 unspecified atom stereocenters. The molecular weight excluding hydrogens is 254 g/mol. The van der Waals surface area contributed by atoms with Crippen LogP contribution in [-0.4, -0.2) is 52.8 Å². The van der Waals surface area contributed by atoms with Gasteiger partial charge in [0.05, 0.1) is 11.1 Å². The number of nitrogens with one attached hydrogen (secondary N) is 1. The van der Waals surface area contributed by atoms with Crippen molar-refractivity contribution in [2.75, 3.05) is 26.2 Å². The van der Waals surface area contributed by atoms with Gasteiger partial charge in [0.2, 0.25) is 5.91 Å². The number of para-hydroxylation sites is 1. The molecule has 0 spiro atoms. The van der Waals surface area contributed by atoms with Crippen molar-refractivity contribution in [3.8, 4) is 0 Å². The fourth-order valence-electron chi connectivity index (χ4n) is 2.66. The number of nitrogens with zero attached hydrogens (tertiary/aromatic N) is 2. The highest BCUT2D eigenvalue weighted by Gasteiger charge is 2.24. The first kappa shape index (κ1) is 12.7. The van der Waals surface area contributed by atoms with E-state index < -0.39 is 0 Å². The van der Waals surface area contributed by atoms with E-state index in [4.69, 9.17) is 0 Å². The molecule has 2 amide bonds. The first-order valence-corrected chi connectivity index (χ1v) is 6.78. The maximum atomic E-state index is 12.6. The lowest BCUT2D eigenvalue weighted by Gasteiger charge is -2.34. The molecule has 5 nitrogen and oxygen atoms in total. The summed E-state index contributed by atoms with van der Waals surface area (Å²) in [5.74, 6) is 0.102. The Morgan fingerprint density at radius 1 is 1.05 bits per heavy atom. The zero-order valence-electron chi connectivity index (χ0n) is 11.4. The van der Waals surface area contributed by atoms with Crippen LogP contribution in [0.25, 0.3) is 10.9 Å². The van der Waals surface area contributed by atoms with Crippen LogP contribution in [-0.2, 0) is 4.79 Å². The van der Waals surface area contributed by atoms with Crippen molar-refractivity contribution >= 4 is 22.7 Å². The Bertz CT molecular complexity index is 654. The van der Waals surface area contributed by atoms with Crippen LogP contribution < -0.4 is 0 Å². The highest BCUT2D eigenvalue weighted by Crippen LogP contribution is 2.19. The van der Waals surface area contributed by atoms with Crippen LogP contribution in [0, 0.1) is 0 Å². The number of H-pyrrole nitrogens is 1. The molecule has 1 saturated heterocycles. The van der Waals surface area contributed by atoms with Gasteiger partial charge in [-0.3, -0.25) is 9.59 Å². The predicted octanol–water partition coefficient (Wildman–Crippen LogP) is 1.47. The summed E-state index contributed by atoms with van der Waals surface area (Å²) in [5, 5.41) is 1.04. The van der Waals surface area contributed by atoms with Gasteiger partial charge in [-0.2, -0.15) is 0 Å². The Labute approximate surface area is 117 Å². The van der Waals surface area contributed by atoms with E-state index >= 15 is 0 Å². The second-order valence-corrected chi connectivity index (χ2v) is 5.05. The number of carbonyl (C=O) groups is 2. The number of benzene rings is 1. The molecule has 1 aromatic heterocycles. The molecule has 1 aliphatic heterocycles. The largest absolute Gasteiger partial charge is 0.361 e. The van der Waals surface area contributed by atoms with Gasteiger partial charge >= 0.3 is 0 Å². The maximum absolute atomic E-state index is 12.6. The quantitative estimate of drug-likeness (QED) is 0.854. The van der Waals surface area contributed by atoms with Gasteiger partial charge in [0.25, 0.3) is 5.91 Å². The normalized spacial score (nSPS) is 15.7. The monoisotopic (exact) mass is 271 g/mol. The highest BCUT2D eigenvalue weighted by molar-refractivity contribution is 6.05. The van der Waals surface area contributed by atoms with Crippen LogP contribution >= 0.6 is 0 Å². The van der Waals surface area contributed by atoms with Crippen LogP contribution in [0.3, 0.4) is 0 Å². The van der Waals surface area contributed by atoms with Crippen LogP contribution in [0.15, 0.2) is 30.5 Å².